The molecule has 4 rings (SSSR count). The van der Waals surface area contributed by atoms with Gasteiger partial charge in [-0.15, -0.1) is 11.3 Å². The molecule has 4 heterocycles. The van der Waals surface area contributed by atoms with E-state index in [0.717, 1.165) is 50.3 Å². The second-order valence-electron chi connectivity index (χ2n) is 8.14. The lowest BCUT2D eigenvalue weighted by Gasteiger charge is -2.29. The Labute approximate surface area is 171 Å². The van der Waals surface area contributed by atoms with Gasteiger partial charge in [-0.3, -0.25) is 14.7 Å². The molecule has 28 heavy (non-hydrogen) atoms. The van der Waals surface area contributed by atoms with Gasteiger partial charge in [-0.25, -0.2) is 0 Å². The first-order valence-electron chi connectivity index (χ1n) is 10.3. The lowest BCUT2D eigenvalue weighted by molar-refractivity contribution is 0.0719. The van der Waals surface area contributed by atoms with Crippen LogP contribution in [0.3, 0.4) is 0 Å². The molecule has 4 nitrogen and oxygen atoms in total. The Morgan fingerprint density at radius 1 is 1.36 bits per heavy atom. The number of hydrogen-bond donors (Lipinski definition) is 0. The highest BCUT2D eigenvalue weighted by Gasteiger charge is 2.31. The minimum atomic E-state index is 0.200. The standard InChI is InChI=1S/C23H29N3OS/c1-4-17-7-8-18(24-12-17)13-25-11-9-19-20(15-28-22(19)14-25)23(27)26-10-5-6-21(26)16(2)3/h5-8,12,15-16,21H,4,9-11,13-14H2,1-3H3/t21-/m1/s1. The van der Waals surface area contributed by atoms with Gasteiger partial charge in [0.25, 0.3) is 5.91 Å². The molecule has 148 valence electrons. The van der Waals surface area contributed by atoms with Crippen molar-refractivity contribution < 1.29 is 4.79 Å². The van der Waals surface area contributed by atoms with E-state index in [1.165, 1.54) is 16.0 Å². The van der Waals surface area contributed by atoms with Crippen LogP contribution in [0.2, 0.25) is 0 Å². The number of hydrogen-bond acceptors (Lipinski definition) is 4. The highest BCUT2D eigenvalue weighted by molar-refractivity contribution is 7.10. The zero-order valence-corrected chi connectivity index (χ0v) is 17.8. The first-order chi connectivity index (χ1) is 13.6. The third-order valence-corrected chi connectivity index (χ3v) is 6.89. The fourth-order valence-corrected chi connectivity index (χ4v) is 5.29. The van der Waals surface area contributed by atoms with Crippen LogP contribution in [0.5, 0.6) is 0 Å². The molecular formula is C23H29N3OS. The fourth-order valence-electron chi connectivity index (χ4n) is 4.18. The summed E-state index contributed by atoms with van der Waals surface area (Å²) in [4.78, 5) is 23.6. The van der Waals surface area contributed by atoms with Crippen LogP contribution in [-0.4, -0.2) is 39.8 Å². The fraction of sp³-hybridized carbons (Fsp3) is 0.478. The number of thiophene rings is 1. The first kappa shape index (κ1) is 19.3. The Morgan fingerprint density at radius 2 is 2.21 bits per heavy atom. The predicted octanol–water partition coefficient (Wildman–Crippen LogP) is 4.30. The number of pyridine rings is 1. The van der Waals surface area contributed by atoms with Crippen LogP contribution in [-0.2, 0) is 25.9 Å². The molecular weight excluding hydrogens is 366 g/mol. The Kier molecular flexibility index (Phi) is 5.65. The molecule has 0 aromatic carbocycles. The summed E-state index contributed by atoms with van der Waals surface area (Å²) >= 11 is 1.74. The van der Waals surface area contributed by atoms with Crippen molar-refractivity contribution in [1.82, 2.24) is 14.8 Å². The quantitative estimate of drug-likeness (QED) is 0.708. The van der Waals surface area contributed by atoms with Crippen molar-refractivity contribution in [2.75, 3.05) is 13.1 Å². The first-order valence-corrected chi connectivity index (χ1v) is 11.2. The largest absolute Gasteiger partial charge is 0.328 e. The van der Waals surface area contributed by atoms with Gasteiger partial charge in [-0.2, -0.15) is 0 Å². The number of fused-ring (bicyclic) bond motifs is 1. The van der Waals surface area contributed by atoms with Crippen molar-refractivity contribution in [3.05, 3.63) is 63.1 Å². The number of nitrogens with zero attached hydrogens (tertiary/aromatic N) is 3. The summed E-state index contributed by atoms with van der Waals surface area (Å²) in [6, 6.07) is 4.54. The summed E-state index contributed by atoms with van der Waals surface area (Å²) in [6.45, 7) is 10.0. The average molecular weight is 396 g/mol. The van der Waals surface area contributed by atoms with E-state index in [9.17, 15) is 4.79 Å². The van der Waals surface area contributed by atoms with Crippen LogP contribution >= 0.6 is 11.3 Å². The van der Waals surface area contributed by atoms with E-state index in [1.54, 1.807) is 11.3 Å². The van der Waals surface area contributed by atoms with Gasteiger partial charge in [0.1, 0.15) is 0 Å². The molecule has 2 aliphatic rings. The van der Waals surface area contributed by atoms with Gasteiger partial charge in [0.2, 0.25) is 0 Å². The van der Waals surface area contributed by atoms with Gasteiger partial charge in [0.05, 0.1) is 17.3 Å². The molecule has 1 atom stereocenters. The molecule has 2 aliphatic heterocycles. The van der Waals surface area contributed by atoms with Crippen molar-refractivity contribution >= 4 is 17.2 Å². The highest BCUT2D eigenvalue weighted by atomic mass is 32.1. The van der Waals surface area contributed by atoms with Crippen molar-refractivity contribution in [2.45, 2.75) is 52.7 Å². The van der Waals surface area contributed by atoms with E-state index >= 15 is 0 Å². The Hall–Kier alpha value is -1.98. The summed E-state index contributed by atoms with van der Waals surface area (Å²) in [7, 11) is 0. The van der Waals surface area contributed by atoms with Crippen molar-refractivity contribution in [1.29, 1.82) is 0 Å². The summed E-state index contributed by atoms with van der Waals surface area (Å²) < 4.78 is 0. The molecule has 1 amide bonds. The molecule has 0 N–H and O–H groups in total. The van der Waals surface area contributed by atoms with E-state index in [1.807, 2.05) is 11.1 Å². The normalized spacial score (nSPS) is 19.4. The van der Waals surface area contributed by atoms with Gasteiger partial charge in [-0.1, -0.05) is 39.0 Å². The third kappa shape index (κ3) is 3.78. The van der Waals surface area contributed by atoms with E-state index in [2.05, 4.69) is 60.3 Å². The SMILES string of the molecule is CCc1ccc(CN2CCc3c(C(=O)N4CC=C[C@@H]4C(C)C)csc3C2)nc1. The smallest absolute Gasteiger partial charge is 0.255 e. The number of amides is 1. The van der Waals surface area contributed by atoms with Crippen molar-refractivity contribution in [3.8, 4) is 0 Å². The van der Waals surface area contributed by atoms with Gasteiger partial charge < -0.3 is 4.90 Å². The average Bonchev–Trinajstić information content (AvgIpc) is 3.35. The molecule has 2 aromatic rings. The number of aromatic nitrogens is 1. The van der Waals surface area contributed by atoms with Gasteiger partial charge in [0.15, 0.2) is 0 Å². The summed E-state index contributed by atoms with van der Waals surface area (Å²) in [5.74, 6) is 0.644. The Balaban J connectivity index is 1.45. The zero-order chi connectivity index (χ0) is 19.7. The van der Waals surface area contributed by atoms with Crippen molar-refractivity contribution in [2.24, 2.45) is 5.92 Å². The van der Waals surface area contributed by atoms with Crippen LogP contribution in [0.1, 0.15) is 52.8 Å². The lowest BCUT2D eigenvalue weighted by atomic mass is 10.00. The van der Waals surface area contributed by atoms with E-state index < -0.39 is 0 Å². The van der Waals surface area contributed by atoms with Gasteiger partial charge >= 0.3 is 0 Å². The van der Waals surface area contributed by atoms with Crippen LogP contribution in [0.15, 0.2) is 35.9 Å². The number of carbonyl (C=O) groups excluding carboxylic acids is 1. The van der Waals surface area contributed by atoms with Crippen LogP contribution in [0.25, 0.3) is 0 Å². The summed E-state index contributed by atoms with van der Waals surface area (Å²) in [6.07, 6.45) is 8.26. The highest BCUT2D eigenvalue weighted by Crippen LogP contribution is 2.31. The van der Waals surface area contributed by atoms with Crippen LogP contribution < -0.4 is 0 Å². The molecule has 0 fully saturated rings. The molecule has 0 unspecified atom stereocenters. The third-order valence-electron chi connectivity index (χ3n) is 5.88. The predicted molar refractivity (Wildman–Crippen MR) is 115 cm³/mol. The van der Waals surface area contributed by atoms with E-state index in [0.29, 0.717) is 5.92 Å². The minimum Gasteiger partial charge on any atom is -0.328 e. The molecule has 0 aliphatic carbocycles. The maximum absolute atomic E-state index is 13.2. The summed E-state index contributed by atoms with van der Waals surface area (Å²) in [5.41, 5.74) is 4.60. The zero-order valence-electron chi connectivity index (χ0n) is 17.0. The van der Waals surface area contributed by atoms with Crippen molar-refractivity contribution in [3.63, 3.8) is 0 Å². The van der Waals surface area contributed by atoms with E-state index in [-0.39, 0.29) is 11.9 Å². The monoisotopic (exact) mass is 395 g/mol. The second kappa shape index (κ2) is 8.18. The topological polar surface area (TPSA) is 36.4 Å². The Morgan fingerprint density at radius 3 is 2.93 bits per heavy atom. The lowest BCUT2D eigenvalue weighted by Crippen LogP contribution is -2.39. The number of rotatable bonds is 5. The minimum absolute atomic E-state index is 0.200. The molecule has 0 spiro atoms. The number of carbonyl (C=O) groups is 1. The molecule has 5 heteroatoms. The summed E-state index contributed by atoms with van der Waals surface area (Å²) in [5, 5.41) is 2.08. The maximum atomic E-state index is 13.2. The maximum Gasteiger partial charge on any atom is 0.255 e. The van der Waals surface area contributed by atoms with E-state index in [4.69, 9.17) is 0 Å². The van der Waals surface area contributed by atoms with Crippen LogP contribution in [0, 0.1) is 5.92 Å². The van der Waals surface area contributed by atoms with Gasteiger partial charge in [-0.05, 0) is 36.0 Å². The number of aryl methyl sites for hydroxylation is 1. The molecule has 0 radical (unpaired) electrons. The Bertz CT molecular complexity index is 868. The molecule has 0 saturated heterocycles. The molecule has 0 bridgehead atoms. The van der Waals surface area contributed by atoms with Crippen LogP contribution in [0.4, 0.5) is 0 Å². The molecule has 2 aromatic heterocycles. The second-order valence-corrected chi connectivity index (χ2v) is 9.11. The van der Waals surface area contributed by atoms with Gasteiger partial charge in [0, 0.05) is 42.6 Å². The molecule has 0 saturated carbocycles.